The maximum atomic E-state index is 4.68. The summed E-state index contributed by atoms with van der Waals surface area (Å²) in [6.45, 7) is 4.86. The number of nitrogens with zero attached hydrogens (tertiary/aromatic N) is 3. The average molecular weight is 356 g/mol. The van der Waals surface area contributed by atoms with Crippen molar-refractivity contribution in [2.24, 2.45) is 0 Å². The number of anilines is 2. The Bertz CT molecular complexity index is 559. The second kappa shape index (κ2) is 10.3. The van der Waals surface area contributed by atoms with E-state index in [9.17, 15) is 0 Å². The Morgan fingerprint density at radius 3 is 2.70 bits per heavy atom. The highest BCUT2D eigenvalue weighted by molar-refractivity contribution is 5.85. The molecule has 1 saturated heterocycles. The molecule has 1 aliphatic heterocycles. The zero-order chi connectivity index (χ0) is 14.3. The molecule has 3 rings (SSSR count). The summed E-state index contributed by atoms with van der Waals surface area (Å²) < 4.78 is 0. The molecule has 0 amide bonds. The topological polar surface area (TPSA) is 53.1 Å². The standard InChI is InChI=1S/C16H21N5.2ClH/c1-2-5-14(6-3-1)11-19-15-12-18-13-16(20-15)21-9-4-7-17-8-10-21;;/h1-3,5-6,12-13,17H,4,7-11H2,(H,19,20);2*1H. The Kier molecular flexibility index (Phi) is 8.69. The van der Waals surface area contributed by atoms with Gasteiger partial charge in [-0.1, -0.05) is 30.3 Å². The first-order valence-electron chi connectivity index (χ1n) is 7.47. The molecule has 23 heavy (non-hydrogen) atoms. The van der Waals surface area contributed by atoms with E-state index in [1.165, 1.54) is 5.56 Å². The van der Waals surface area contributed by atoms with Crippen LogP contribution in [0.3, 0.4) is 0 Å². The molecule has 0 atom stereocenters. The lowest BCUT2D eigenvalue weighted by Crippen LogP contribution is -2.28. The van der Waals surface area contributed by atoms with Crippen molar-refractivity contribution in [3.05, 3.63) is 48.3 Å². The summed E-state index contributed by atoms with van der Waals surface area (Å²) in [5, 5.41) is 6.74. The lowest BCUT2D eigenvalue weighted by Gasteiger charge is -2.21. The Morgan fingerprint density at radius 2 is 1.87 bits per heavy atom. The van der Waals surface area contributed by atoms with Crippen molar-refractivity contribution >= 4 is 36.4 Å². The van der Waals surface area contributed by atoms with Gasteiger partial charge in [-0.15, -0.1) is 24.8 Å². The van der Waals surface area contributed by atoms with E-state index in [4.69, 9.17) is 0 Å². The van der Waals surface area contributed by atoms with Crippen molar-refractivity contribution in [3.63, 3.8) is 0 Å². The normalized spacial score (nSPS) is 14.2. The molecule has 0 aliphatic carbocycles. The minimum absolute atomic E-state index is 0. The number of benzene rings is 1. The van der Waals surface area contributed by atoms with E-state index < -0.39 is 0 Å². The molecule has 0 bridgehead atoms. The van der Waals surface area contributed by atoms with Gasteiger partial charge in [-0.3, -0.25) is 4.98 Å². The summed E-state index contributed by atoms with van der Waals surface area (Å²) in [5.74, 6) is 1.78. The Morgan fingerprint density at radius 1 is 1.04 bits per heavy atom. The van der Waals surface area contributed by atoms with Crippen molar-refractivity contribution in [1.29, 1.82) is 0 Å². The van der Waals surface area contributed by atoms with Crippen molar-refractivity contribution in [2.75, 3.05) is 36.4 Å². The Hall–Kier alpha value is -1.56. The highest BCUT2D eigenvalue weighted by atomic mass is 35.5. The summed E-state index contributed by atoms with van der Waals surface area (Å²) in [6, 6.07) is 10.3. The van der Waals surface area contributed by atoms with Gasteiger partial charge in [-0.25, -0.2) is 4.98 Å². The lowest BCUT2D eigenvalue weighted by atomic mass is 10.2. The maximum Gasteiger partial charge on any atom is 0.149 e. The molecule has 5 nitrogen and oxygen atoms in total. The summed E-state index contributed by atoms with van der Waals surface area (Å²) in [5.41, 5.74) is 1.24. The smallest absolute Gasteiger partial charge is 0.149 e. The van der Waals surface area contributed by atoms with Gasteiger partial charge in [0, 0.05) is 26.2 Å². The SMILES string of the molecule is Cl.Cl.c1ccc(CNc2cncc(N3CCCNCC3)n2)cc1. The number of hydrogen-bond donors (Lipinski definition) is 2. The second-order valence-corrected chi connectivity index (χ2v) is 5.19. The van der Waals surface area contributed by atoms with Crippen LogP contribution >= 0.6 is 24.8 Å². The number of aromatic nitrogens is 2. The first-order valence-corrected chi connectivity index (χ1v) is 7.47. The monoisotopic (exact) mass is 355 g/mol. The average Bonchev–Trinajstić information content (AvgIpc) is 2.83. The van der Waals surface area contributed by atoms with Crippen LogP contribution < -0.4 is 15.5 Å². The van der Waals surface area contributed by atoms with Gasteiger partial charge in [-0.05, 0) is 18.5 Å². The molecular weight excluding hydrogens is 333 g/mol. The number of rotatable bonds is 4. The van der Waals surface area contributed by atoms with E-state index in [1.54, 1.807) is 6.20 Å². The predicted molar refractivity (Wildman–Crippen MR) is 100.0 cm³/mol. The Labute approximate surface area is 149 Å². The molecule has 0 saturated carbocycles. The first-order chi connectivity index (χ1) is 10.4. The molecule has 126 valence electrons. The van der Waals surface area contributed by atoms with Crippen LogP contribution in [-0.2, 0) is 6.54 Å². The Balaban J connectivity index is 0.00000132. The van der Waals surface area contributed by atoms with E-state index >= 15 is 0 Å². The lowest BCUT2D eigenvalue weighted by molar-refractivity contribution is 0.724. The van der Waals surface area contributed by atoms with E-state index in [2.05, 4.69) is 37.6 Å². The van der Waals surface area contributed by atoms with Gasteiger partial charge in [0.2, 0.25) is 0 Å². The van der Waals surface area contributed by atoms with Gasteiger partial charge in [0.05, 0.1) is 12.4 Å². The van der Waals surface area contributed by atoms with Gasteiger partial charge in [0.25, 0.3) is 0 Å². The minimum atomic E-state index is 0. The van der Waals surface area contributed by atoms with Crippen LogP contribution in [0.4, 0.5) is 11.6 Å². The molecule has 0 unspecified atom stereocenters. The van der Waals surface area contributed by atoms with Crippen LogP contribution in [0.1, 0.15) is 12.0 Å². The highest BCUT2D eigenvalue weighted by Gasteiger charge is 2.11. The molecule has 1 aliphatic rings. The van der Waals surface area contributed by atoms with Crippen LogP contribution in [0, 0.1) is 0 Å². The van der Waals surface area contributed by atoms with Gasteiger partial charge < -0.3 is 15.5 Å². The molecule has 1 fully saturated rings. The van der Waals surface area contributed by atoms with Crippen molar-refractivity contribution < 1.29 is 0 Å². The van der Waals surface area contributed by atoms with E-state index in [1.807, 2.05) is 24.4 Å². The van der Waals surface area contributed by atoms with Gasteiger partial charge >= 0.3 is 0 Å². The fraction of sp³-hybridized carbons (Fsp3) is 0.375. The number of hydrogen-bond acceptors (Lipinski definition) is 5. The van der Waals surface area contributed by atoms with E-state index in [0.717, 1.165) is 50.8 Å². The van der Waals surface area contributed by atoms with Crippen molar-refractivity contribution in [1.82, 2.24) is 15.3 Å². The van der Waals surface area contributed by atoms with Crippen LogP contribution in [0.5, 0.6) is 0 Å². The molecule has 2 N–H and O–H groups in total. The fourth-order valence-electron chi connectivity index (χ4n) is 2.46. The summed E-state index contributed by atoms with van der Waals surface area (Å²) >= 11 is 0. The quantitative estimate of drug-likeness (QED) is 0.882. The third kappa shape index (κ3) is 5.86. The molecule has 2 heterocycles. The minimum Gasteiger partial charge on any atom is -0.365 e. The summed E-state index contributed by atoms with van der Waals surface area (Å²) in [4.78, 5) is 11.3. The summed E-state index contributed by atoms with van der Waals surface area (Å²) in [6.07, 6.45) is 4.77. The van der Waals surface area contributed by atoms with Crippen molar-refractivity contribution in [2.45, 2.75) is 13.0 Å². The van der Waals surface area contributed by atoms with Crippen LogP contribution in [0.25, 0.3) is 0 Å². The van der Waals surface area contributed by atoms with Crippen LogP contribution in [0.15, 0.2) is 42.7 Å². The van der Waals surface area contributed by atoms with Gasteiger partial charge in [0.15, 0.2) is 0 Å². The summed E-state index contributed by atoms with van der Waals surface area (Å²) in [7, 11) is 0. The third-order valence-electron chi connectivity index (χ3n) is 3.60. The third-order valence-corrected chi connectivity index (χ3v) is 3.60. The molecule has 7 heteroatoms. The first kappa shape index (κ1) is 19.5. The van der Waals surface area contributed by atoms with Gasteiger partial charge in [-0.2, -0.15) is 0 Å². The zero-order valence-electron chi connectivity index (χ0n) is 12.9. The molecule has 0 radical (unpaired) electrons. The second-order valence-electron chi connectivity index (χ2n) is 5.19. The molecule has 2 aromatic rings. The van der Waals surface area contributed by atoms with Crippen LogP contribution in [0.2, 0.25) is 0 Å². The molecule has 1 aromatic carbocycles. The molecule has 0 spiro atoms. The fourth-order valence-corrected chi connectivity index (χ4v) is 2.46. The van der Waals surface area contributed by atoms with E-state index in [-0.39, 0.29) is 24.8 Å². The number of nitrogens with one attached hydrogen (secondary N) is 2. The van der Waals surface area contributed by atoms with E-state index in [0.29, 0.717) is 0 Å². The molecule has 1 aromatic heterocycles. The molecular formula is C16H23Cl2N5. The zero-order valence-corrected chi connectivity index (χ0v) is 14.6. The highest BCUT2D eigenvalue weighted by Crippen LogP contribution is 2.14. The van der Waals surface area contributed by atoms with Gasteiger partial charge in [0.1, 0.15) is 11.6 Å². The van der Waals surface area contributed by atoms with Crippen molar-refractivity contribution in [3.8, 4) is 0 Å². The number of halogens is 2. The van der Waals surface area contributed by atoms with Crippen LogP contribution in [-0.4, -0.2) is 36.1 Å². The predicted octanol–water partition coefficient (Wildman–Crippen LogP) is 2.73. The maximum absolute atomic E-state index is 4.68. The largest absolute Gasteiger partial charge is 0.365 e.